The molecule has 176 valence electrons. The van der Waals surface area contributed by atoms with Crippen molar-refractivity contribution in [2.45, 2.75) is 137 Å². The van der Waals surface area contributed by atoms with Crippen molar-refractivity contribution in [3.63, 3.8) is 0 Å². The van der Waals surface area contributed by atoms with Gasteiger partial charge >= 0.3 is 0 Å². The fourth-order valence-corrected chi connectivity index (χ4v) is 4.71. The highest BCUT2D eigenvalue weighted by atomic mass is 16.1. The van der Waals surface area contributed by atoms with E-state index in [2.05, 4.69) is 34.3 Å². The molecule has 0 aromatic carbocycles. The van der Waals surface area contributed by atoms with Gasteiger partial charge in [0.1, 0.15) is 12.1 Å². The lowest BCUT2D eigenvalue weighted by Crippen LogP contribution is -2.31. The molecule has 30 heavy (non-hydrogen) atoms. The molecule has 0 aromatic heterocycles. The van der Waals surface area contributed by atoms with E-state index in [1.165, 1.54) is 64.2 Å². The Balaban J connectivity index is 4.41. The Hall–Kier alpha value is -0.920. The molecule has 0 saturated carbocycles. The molecule has 0 radical (unpaired) electrons. The summed E-state index contributed by atoms with van der Waals surface area (Å²) in [4.78, 5) is 23.8. The van der Waals surface area contributed by atoms with E-state index in [0.717, 1.165) is 38.4 Å². The van der Waals surface area contributed by atoms with Crippen molar-refractivity contribution in [3.05, 3.63) is 12.7 Å². The van der Waals surface area contributed by atoms with Crippen LogP contribution in [0.1, 0.15) is 137 Å². The van der Waals surface area contributed by atoms with Crippen LogP contribution in [-0.2, 0) is 9.59 Å². The maximum absolute atomic E-state index is 13.2. The molecule has 0 amide bonds. The van der Waals surface area contributed by atoms with Crippen LogP contribution in [-0.4, -0.2) is 12.1 Å². The van der Waals surface area contributed by atoms with E-state index in [-0.39, 0.29) is 5.41 Å². The Morgan fingerprint density at radius 2 is 1.47 bits per heavy atom. The van der Waals surface area contributed by atoms with Gasteiger partial charge in [0, 0.05) is 18.3 Å². The number of aldehydes is 1. The number of carbonyl (C=O) groups is 2. The zero-order valence-corrected chi connectivity index (χ0v) is 20.9. The van der Waals surface area contributed by atoms with Gasteiger partial charge in [0.25, 0.3) is 0 Å². The van der Waals surface area contributed by atoms with Crippen LogP contribution < -0.4 is 0 Å². The third-order valence-corrected chi connectivity index (χ3v) is 6.68. The van der Waals surface area contributed by atoms with Gasteiger partial charge in [-0.15, -0.1) is 6.58 Å². The predicted molar refractivity (Wildman–Crippen MR) is 132 cm³/mol. The van der Waals surface area contributed by atoms with E-state index < -0.39 is 0 Å². The van der Waals surface area contributed by atoms with E-state index in [4.69, 9.17) is 0 Å². The number of hydrogen-bond donors (Lipinski definition) is 0. The largest absolute Gasteiger partial charge is 0.303 e. The van der Waals surface area contributed by atoms with E-state index >= 15 is 0 Å². The summed E-state index contributed by atoms with van der Waals surface area (Å²) in [5, 5.41) is 0. The molecule has 0 rings (SSSR count). The third kappa shape index (κ3) is 15.0. The molecule has 0 aliphatic heterocycles. The highest BCUT2D eigenvalue weighted by Crippen LogP contribution is 2.37. The zero-order valence-electron chi connectivity index (χ0n) is 20.9. The molecule has 0 spiro atoms. The van der Waals surface area contributed by atoms with Crippen LogP contribution in [0.25, 0.3) is 0 Å². The molecule has 0 bridgehead atoms. The van der Waals surface area contributed by atoms with Crippen molar-refractivity contribution in [1.82, 2.24) is 0 Å². The van der Waals surface area contributed by atoms with Crippen molar-refractivity contribution in [2.24, 2.45) is 17.3 Å². The molecule has 0 heterocycles. The number of allylic oxidation sites excluding steroid dienone is 1. The molecule has 0 aromatic rings. The first-order valence-electron chi connectivity index (χ1n) is 13.0. The fourth-order valence-electron chi connectivity index (χ4n) is 4.71. The molecule has 0 saturated heterocycles. The summed E-state index contributed by atoms with van der Waals surface area (Å²) in [5.41, 5.74) is -0.207. The number of rotatable bonds is 22. The molecule has 2 heteroatoms. The topological polar surface area (TPSA) is 34.1 Å². The predicted octanol–water partition coefficient (Wildman–Crippen LogP) is 8.87. The van der Waals surface area contributed by atoms with Gasteiger partial charge in [-0.25, -0.2) is 0 Å². The van der Waals surface area contributed by atoms with E-state index in [0.29, 0.717) is 30.5 Å². The monoisotopic (exact) mass is 420 g/mol. The summed E-state index contributed by atoms with van der Waals surface area (Å²) in [6.45, 7) is 12.8. The van der Waals surface area contributed by atoms with Crippen LogP contribution in [0.5, 0.6) is 0 Å². The zero-order chi connectivity index (χ0) is 22.7. The van der Waals surface area contributed by atoms with Crippen LogP contribution in [0, 0.1) is 17.3 Å². The van der Waals surface area contributed by atoms with Gasteiger partial charge in [-0.1, -0.05) is 98.0 Å². The van der Waals surface area contributed by atoms with Crippen molar-refractivity contribution in [2.75, 3.05) is 0 Å². The normalized spacial score (nSPS) is 15.3. The average molecular weight is 421 g/mol. The molecule has 0 aliphatic rings. The average Bonchev–Trinajstić information content (AvgIpc) is 2.69. The minimum atomic E-state index is -0.207. The molecule has 0 aliphatic carbocycles. The molecular weight excluding hydrogens is 368 g/mol. The minimum Gasteiger partial charge on any atom is -0.303 e. The Labute approximate surface area is 188 Å². The first-order valence-corrected chi connectivity index (χ1v) is 13.0. The molecule has 3 atom stereocenters. The second kappa shape index (κ2) is 18.8. The van der Waals surface area contributed by atoms with E-state index in [1.807, 2.05) is 6.08 Å². The van der Waals surface area contributed by atoms with Gasteiger partial charge in [-0.3, -0.25) is 4.79 Å². The molecule has 2 nitrogen and oxygen atoms in total. The van der Waals surface area contributed by atoms with Crippen molar-refractivity contribution in [3.8, 4) is 0 Å². The Kier molecular flexibility index (Phi) is 18.2. The number of unbranched alkanes of at least 4 members (excludes halogenated alkanes) is 10. The summed E-state index contributed by atoms with van der Waals surface area (Å²) < 4.78 is 0. The van der Waals surface area contributed by atoms with Crippen molar-refractivity contribution in [1.29, 1.82) is 0 Å². The summed E-state index contributed by atoms with van der Waals surface area (Å²) in [5.74, 6) is 1.32. The quantitative estimate of drug-likeness (QED) is 0.0995. The molecule has 3 unspecified atom stereocenters. The van der Waals surface area contributed by atoms with Gasteiger partial charge < -0.3 is 4.79 Å². The first kappa shape index (κ1) is 29.1. The van der Waals surface area contributed by atoms with Crippen molar-refractivity contribution < 1.29 is 9.59 Å². The van der Waals surface area contributed by atoms with Crippen LogP contribution in [0.3, 0.4) is 0 Å². The Morgan fingerprint density at radius 1 is 0.900 bits per heavy atom. The fraction of sp³-hybridized carbons (Fsp3) is 0.857. The smallest absolute Gasteiger partial charge is 0.139 e. The second-order valence-electron chi connectivity index (χ2n) is 10.2. The van der Waals surface area contributed by atoms with Crippen LogP contribution >= 0.6 is 0 Å². The number of hydrogen-bond acceptors (Lipinski definition) is 2. The Morgan fingerprint density at radius 3 is 2.00 bits per heavy atom. The van der Waals surface area contributed by atoms with Crippen LogP contribution in [0.15, 0.2) is 12.7 Å². The van der Waals surface area contributed by atoms with Gasteiger partial charge in [-0.05, 0) is 43.9 Å². The summed E-state index contributed by atoms with van der Waals surface area (Å²) in [7, 11) is 0. The van der Waals surface area contributed by atoms with Gasteiger partial charge in [0.05, 0.1) is 0 Å². The minimum absolute atomic E-state index is 0.207. The lowest BCUT2D eigenvalue weighted by atomic mass is 9.71. The van der Waals surface area contributed by atoms with Crippen LogP contribution in [0.4, 0.5) is 0 Å². The number of carbonyl (C=O) groups excluding carboxylic acids is 2. The van der Waals surface area contributed by atoms with E-state index in [9.17, 15) is 9.59 Å². The summed E-state index contributed by atoms with van der Waals surface area (Å²) >= 11 is 0. The van der Waals surface area contributed by atoms with Gasteiger partial charge in [0.2, 0.25) is 0 Å². The molecule has 0 N–H and O–H groups in total. The van der Waals surface area contributed by atoms with Crippen molar-refractivity contribution >= 4 is 12.1 Å². The summed E-state index contributed by atoms with van der Waals surface area (Å²) in [6.07, 6.45) is 22.4. The lowest BCUT2D eigenvalue weighted by Gasteiger charge is -2.32. The van der Waals surface area contributed by atoms with Gasteiger partial charge in [0.15, 0.2) is 0 Å². The third-order valence-electron chi connectivity index (χ3n) is 6.68. The number of ketones is 1. The number of Topliss-reactive ketones (excluding diaryl/α,β-unsaturated/α-hetero) is 1. The summed E-state index contributed by atoms with van der Waals surface area (Å²) in [6, 6.07) is 0. The highest BCUT2D eigenvalue weighted by Gasteiger charge is 2.34. The molecule has 0 fully saturated rings. The maximum atomic E-state index is 13.2. The highest BCUT2D eigenvalue weighted by molar-refractivity contribution is 5.84. The lowest BCUT2D eigenvalue weighted by molar-refractivity contribution is -0.130. The molecular formula is C28H52O2. The van der Waals surface area contributed by atoms with Crippen LogP contribution in [0.2, 0.25) is 0 Å². The SMILES string of the molecule is C=CCC(C)CC(C)(CCCCCCCCCCCC)C(=O)CC(C)CCCC=O. The van der Waals surface area contributed by atoms with E-state index in [1.54, 1.807) is 0 Å². The van der Waals surface area contributed by atoms with Gasteiger partial charge in [-0.2, -0.15) is 0 Å². The Bertz CT molecular complexity index is 442. The standard InChI is InChI=1S/C28H52O2/c1-6-8-9-10-11-12-13-14-15-17-21-28(5,24-26(4)19-7-2)27(30)23-25(3)20-16-18-22-29/h7,22,25-26H,2,6,8-21,23-24H2,1,3-5H3. The second-order valence-corrected chi connectivity index (χ2v) is 10.2. The maximum Gasteiger partial charge on any atom is 0.139 e. The first-order chi connectivity index (χ1) is 14.4.